The highest BCUT2D eigenvalue weighted by atomic mass is 16.5. The van der Waals surface area contributed by atoms with E-state index in [0.29, 0.717) is 17.7 Å². The summed E-state index contributed by atoms with van der Waals surface area (Å²) in [5, 5.41) is 4.28. The van der Waals surface area contributed by atoms with Gasteiger partial charge >= 0.3 is 0 Å². The Hall–Kier alpha value is -4.63. The molecule has 3 aliphatic rings. The fourth-order valence-corrected chi connectivity index (χ4v) is 8.13. The highest BCUT2D eigenvalue weighted by Crippen LogP contribution is 2.40. The molecule has 0 radical (unpaired) electrons. The first-order valence-electron chi connectivity index (χ1n) is 16.6. The lowest BCUT2D eigenvalue weighted by molar-refractivity contribution is -0.116. The summed E-state index contributed by atoms with van der Waals surface area (Å²) in [6, 6.07) is 20.9. The number of nitrogens with zero attached hydrogens (tertiary/aromatic N) is 4. The van der Waals surface area contributed by atoms with Gasteiger partial charge in [-0.1, -0.05) is 43.2 Å². The fraction of sp³-hybridized carbons (Fsp3) is 0.378. The van der Waals surface area contributed by atoms with Gasteiger partial charge in [0.2, 0.25) is 5.91 Å². The Kier molecular flexibility index (Phi) is 7.09. The molecular formula is C37H40N6O3. The van der Waals surface area contributed by atoms with Crippen molar-refractivity contribution in [3.8, 4) is 28.4 Å². The number of aryl methyl sites for hydroxylation is 2. The van der Waals surface area contributed by atoms with Crippen molar-refractivity contribution in [1.29, 1.82) is 0 Å². The summed E-state index contributed by atoms with van der Waals surface area (Å²) in [6.07, 6.45) is 7.27. The second kappa shape index (κ2) is 11.3. The van der Waals surface area contributed by atoms with Crippen molar-refractivity contribution >= 4 is 39.4 Å². The molecule has 0 unspecified atom stereocenters. The molecule has 0 spiro atoms. The SMILES string of the molecule is COc1cc(C(=O)N2[C@H]3CC[C@@H]2[C@H](N)C3)cc2nc(-c3cc4ccc5cc4n3CCCCCCC(=O)Nc3ccccc3-5)n(C)c12. The number of nitrogens with two attached hydrogens (primary N) is 1. The van der Waals surface area contributed by atoms with E-state index in [0.717, 1.165) is 102 Å². The molecule has 0 saturated carbocycles. The van der Waals surface area contributed by atoms with Crippen LogP contribution < -0.4 is 15.8 Å². The number of aromatic nitrogens is 3. The molecule has 0 aliphatic carbocycles. The number of carbonyl (C=O) groups excluding carboxylic acids is 2. The topological polar surface area (TPSA) is 107 Å². The summed E-state index contributed by atoms with van der Waals surface area (Å²) in [4.78, 5) is 33.7. The van der Waals surface area contributed by atoms with E-state index < -0.39 is 0 Å². The average Bonchev–Trinajstić information content (AvgIpc) is 3.81. The maximum Gasteiger partial charge on any atom is 0.254 e. The van der Waals surface area contributed by atoms with Crippen LogP contribution in [0, 0.1) is 0 Å². The Bertz CT molecular complexity index is 2010. The zero-order valence-electron chi connectivity index (χ0n) is 26.5. The van der Waals surface area contributed by atoms with Crippen molar-refractivity contribution in [1.82, 2.24) is 19.0 Å². The normalized spacial score (nSPS) is 21.5. The van der Waals surface area contributed by atoms with Crippen molar-refractivity contribution in [2.45, 2.75) is 76.0 Å². The lowest BCUT2D eigenvalue weighted by atomic mass is 9.97. The summed E-state index contributed by atoms with van der Waals surface area (Å²) >= 11 is 0. The minimum absolute atomic E-state index is 0.0131. The number of para-hydroxylation sites is 1. The molecular weight excluding hydrogens is 576 g/mol. The molecule has 3 aliphatic heterocycles. The number of anilines is 1. The van der Waals surface area contributed by atoms with E-state index in [1.54, 1.807) is 7.11 Å². The van der Waals surface area contributed by atoms with E-state index in [1.165, 1.54) is 0 Å². The van der Waals surface area contributed by atoms with Crippen LogP contribution >= 0.6 is 0 Å². The quantitative estimate of drug-likeness (QED) is 0.241. The monoisotopic (exact) mass is 616 g/mol. The molecule has 2 saturated heterocycles. The smallest absolute Gasteiger partial charge is 0.254 e. The van der Waals surface area contributed by atoms with Gasteiger partial charge in [0.05, 0.1) is 18.3 Å². The third-order valence-corrected chi connectivity index (χ3v) is 10.4. The number of hydrogen-bond acceptors (Lipinski definition) is 5. The van der Waals surface area contributed by atoms with Gasteiger partial charge in [-0.05, 0) is 68.0 Å². The highest BCUT2D eigenvalue weighted by molar-refractivity contribution is 6.01. The van der Waals surface area contributed by atoms with Gasteiger partial charge in [0, 0.05) is 65.9 Å². The molecule has 2 amide bonds. The number of carbonyl (C=O) groups is 2. The Balaban J connectivity index is 1.25. The molecule has 2 fully saturated rings. The predicted octanol–water partition coefficient (Wildman–Crippen LogP) is 6.48. The van der Waals surface area contributed by atoms with Gasteiger partial charge in [0.25, 0.3) is 5.91 Å². The first-order valence-corrected chi connectivity index (χ1v) is 16.6. The summed E-state index contributed by atoms with van der Waals surface area (Å²) in [5.74, 6) is 1.54. The zero-order chi connectivity index (χ0) is 31.5. The first kappa shape index (κ1) is 28.8. The van der Waals surface area contributed by atoms with Crippen LogP contribution in [0.25, 0.3) is 44.6 Å². The van der Waals surface area contributed by atoms with Gasteiger partial charge in [-0.15, -0.1) is 0 Å². The standard InChI is InChI=1S/C37H40N6O3/c1-41-35-29(17-24(20-33(35)46-2)37(45)43-25-14-15-30(43)27(38)21-25)40-36(41)32-19-23-13-12-22-18-31(23)42(32)16-8-4-3-5-11-34(44)39-28-10-7-6-9-26(22)28/h6-7,9-10,12-13,17-20,25,27,30H,3-5,8,11,14-16,21,38H2,1-2H3,(H,39,44)/t25-,27+,30+/m0/s1. The van der Waals surface area contributed by atoms with Crippen LogP contribution in [0.4, 0.5) is 5.69 Å². The number of nitrogens with one attached hydrogen (secondary N) is 1. The molecule has 3 N–H and O–H groups in total. The van der Waals surface area contributed by atoms with E-state index in [9.17, 15) is 9.59 Å². The number of benzene rings is 3. The van der Waals surface area contributed by atoms with Crippen molar-refractivity contribution < 1.29 is 14.3 Å². The zero-order valence-corrected chi connectivity index (χ0v) is 26.5. The predicted molar refractivity (Wildman–Crippen MR) is 181 cm³/mol. The molecule has 236 valence electrons. The van der Waals surface area contributed by atoms with Gasteiger partial charge in [-0.3, -0.25) is 9.59 Å². The van der Waals surface area contributed by atoms with Crippen molar-refractivity contribution in [3.05, 3.63) is 66.2 Å². The maximum absolute atomic E-state index is 13.8. The van der Waals surface area contributed by atoms with Crippen molar-refractivity contribution in [2.75, 3.05) is 12.4 Å². The average molecular weight is 617 g/mol. The fourth-order valence-electron chi connectivity index (χ4n) is 8.13. The van der Waals surface area contributed by atoms with Gasteiger partial charge in [0.15, 0.2) is 5.82 Å². The van der Waals surface area contributed by atoms with Crippen LogP contribution in [-0.4, -0.2) is 56.1 Å². The van der Waals surface area contributed by atoms with Gasteiger partial charge in [-0.2, -0.15) is 0 Å². The molecule has 9 heteroatoms. The number of amides is 2. The van der Waals surface area contributed by atoms with Crippen LogP contribution in [0.3, 0.4) is 0 Å². The van der Waals surface area contributed by atoms with Gasteiger partial charge in [-0.25, -0.2) is 4.98 Å². The Morgan fingerprint density at radius 2 is 1.87 bits per heavy atom. The summed E-state index contributed by atoms with van der Waals surface area (Å²) in [7, 11) is 3.67. The summed E-state index contributed by atoms with van der Waals surface area (Å²) in [5.41, 5.74) is 13.6. The van der Waals surface area contributed by atoms with Crippen molar-refractivity contribution in [2.24, 2.45) is 12.8 Å². The van der Waals surface area contributed by atoms with E-state index in [4.69, 9.17) is 15.5 Å². The maximum atomic E-state index is 13.8. The van der Waals surface area contributed by atoms with Crippen LogP contribution in [-0.2, 0) is 18.4 Å². The number of hydrogen-bond donors (Lipinski definition) is 2. The third kappa shape index (κ3) is 4.67. The first-order chi connectivity index (χ1) is 22.4. The molecule has 5 aromatic rings. The van der Waals surface area contributed by atoms with Crippen molar-refractivity contribution in [3.63, 3.8) is 0 Å². The molecule has 3 aromatic carbocycles. The number of methoxy groups -OCH3 is 1. The minimum Gasteiger partial charge on any atom is -0.494 e. The number of imidazole rings is 1. The lowest BCUT2D eigenvalue weighted by Gasteiger charge is -2.23. The summed E-state index contributed by atoms with van der Waals surface area (Å²) in [6.45, 7) is 0.832. The Morgan fingerprint density at radius 1 is 1.02 bits per heavy atom. The molecule has 9 nitrogen and oxygen atoms in total. The van der Waals surface area contributed by atoms with Crippen LogP contribution in [0.5, 0.6) is 5.75 Å². The van der Waals surface area contributed by atoms with Crippen LogP contribution in [0.15, 0.2) is 60.7 Å². The molecule has 5 heterocycles. The number of fused-ring (bicyclic) bond motifs is 6. The van der Waals surface area contributed by atoms with E-state index in [-0.39, 0.29) is 29.9 Å². The Morgan fingerprint density at radius 3 is 2.67 bits per heavy atom. The second-order valence-corrected chi connectivity index (χ2v) is 13.2. The van der Waals surface area contributed by atoms with Gasteiger partial charge in [0.1, 0.15) is 11.3 Å². The third-order valence-electron chi connectivity index (χ3n) is 10.4. The molecule has 4 bridgehead atoms. The molecule has 2 aromatic heterocycles. The highest BCUT2D eigenvalue weighted by Gasteiger charge is 2.47. The second-order valence-electron chi connectivity index (χ2n) is 13.2. The molecule has 8 rings (SSSR count). The van der Waals surface area contributed by atoms with Gasteiger partial charge < -0.3 is 29.8 Å². The van der Waals surface area contributed by atoms with Crippen LogP contribution in [0.2, 0.25) is 0 Å². The van der Waals surface area contributed by atoms with E-state index in [1.807, 2.05) is 42.3 Å². The lowest BCUT2D eigenvalue weighted by Crippen LogP contribution is -2.40. The van der Waals surface area contributed by atoms with E-state index >= 15 is 0 Å². The number of ether oxygens (including phenoxy) is 1. The molecule has 46 heavy (non-hydrogen) atoms. The Labute approximate surface area is 268 Å². The summed E-state index contributed by atoms with van der Waals surface area (Å²) < 4.78 is 10.4. The largest absolute Gasteiger partial charge is 0.494 e. The van der Waals surface area contributed by atoms with Crippen LogP contribution in [0.1, 0.15) is 61.7 Å². The molecule has 3 atom stereocenters. The number of rotatable bonds is 3. The van der Waals surface area contributed by atoms with E-state index in [2.05, 4.69) is 44.8 Å². The minimum atomic E-state index is 0.0131.